The van der Waals surface area contributed by atoms with Crippen LogP contribution in [-0.2, 0) is 25.3 Å². The van der Waals surface area contributed by atoms with Crippen LogP contribution in [0.3, 0.4) is 0 Å². The fourth-order valence-corrected chi connectivity index (χ4v) is 6.39. The van der Waals surface area contributed by atoms with Crippen molar-refractivity contribution in [3.63, 3.8) is 0 Å². The molecule has 2 aliphatic heterocycles. The molecule has 2 saturated heterocycles. The van der Waals surface area contributed by atoms with Gasteiger partial charge in [-0.25, -0.2) is 12.7 Å². The molecule has 34 heavy (non-hydrogen) atoms. The number of carbonyl (C=O) groups excluding carboxylic acids is 1. The highest BCUT2D eigenvalue weighted by Crippen LogP contribution is 2.37. The molecule has 2 heterocycles. The average Bonchev–Trinajstić information content (AvgIpc) is 2.85. The third-order valence-electron chi connectivity index (χ3n) is 6.46. The van der Waals surface area contributed by atoms with Crippen molar-refractivity contribution >= 4 is 27.5 Å². The number of benzene rings is 2. The van der Waals surface area contributed by atoms with E-state index in [0.717, 1.165) is 6.42 Å². The van der Waals surface area contributed by atoms with Crippen LogP contribution < -0.4 is 4.74 Å². The number of nitrogens with zero attached hydrogens (tertiary/aromatic N) is 2. The van der Waals surface area contributed by atoms with Gasteiger partial charge in [-0.15, -0.1) is 0 Å². The number of para-hydroxylation sites is 1. The number of hydrogen-bond acceptors (Lipinski definition) is 5. The van der Waals surface area contributed by atoms with E-state index < -0.39 is 15.4 Å². The van der Waals surface area contributed by atoms with Gasteiger partial charge in [-0.1, -0.05) is 41.9 Å². The van der Waals surface area contributed by atoms with Crippen LogP contribution in [0.2, 0.25) is 5.02 Å². The quantitative estimate of drug-likeness (QED) is 0.547. The highest BCUT2D eigenvalue weighted by atomic mass is 35.5. The molecule has 4 rings (SSSR count). The van der Waals surface area contributed by atoms with Crippen LogP contribution in [0, 0.1) is 5.41 Å². The molecule has 184 valence electrons. The van der Waals surface area contributed by atoms with Gasteiger partial charge in [0.05, 0.1) is 25.6 Å². The second-order valence-electron chi connectivity index (χ2n) is 9.09. The van der Waals surface area contributed by atoms with E-state index in [1.165, 1.54) is 4.31 Å². The number of piperidine rings is 1. The molecular formula is C25H31ClN2O5S. The molecule has 2 aliphatic rings. The summed E-state index contributed by atoms with van der Waals surface area (Å²) >= 11 is 5.95. The molecular weight excluding hydrogens is 476 g/mol. The summed E-state index contributed by atoms with van der Waals surface area (Å²) in [4.78, 5) is 15.0. The first kappa shape index (κ1) is 25.0. The van der Waals surface area contributed by atoms with Gasteiger partial charge in [-0.2, -0.15) is 0 Å². The summed E-state index contributed by atoms with van der Waals surface area (Å²) in [7, 11) is -3.57. The fraction of sp³-hybridized carbons (Fsp3) is 0.480. The van der Waals surface area contributed by atoms with E-state index >= 15 is 0 Å². The molecule has 0 aromatic heterocycles. The van der Waals surface area contributed by atoms with E-state index in [4.69, 9.17) is 21.1 Å². The van der Waals surface area contributed by atoms with E-state index in [1.807, 2.05) is 35.2 Å². The number of hydrogen-bond donors (Lipinski definition) is 0. The lowest BCUT2D eigenvalue weighted by Gasteiger charge is -2.42. The Morgan fingerprint density at radius 2 is 1.74 bits per heavy atom. The highest BCUT2D eigenvalue weighted by molar-refractivity contribution is 7.88. The standard InChI is InChI=1S/C25H31ClN2O5S/c26-22-9-7-21(8-10-22)18-34(30,31)28-12-4-11-25(19-28,20-33-23-5-2-1-3-6-23)17-24(29)27-13-15-32-16-14-27/h1-3,5-10H,4,11-20H2/t25-/m0/s1. The van der Waals surface area contributed by atoms with E-state index in [2.05, 4.69) is 0 Å². The Labute approximate surface area is 206 Å². The Hall–Kier alpha value is -2.13. The predicted molar refractivity (Wildman–Crippen MR) is 131 cm³/mol. The van der Waals surface area contributed by atoms with Crippen molar-refractivity contribution in [3.8, 4) is 5.75 Å². The summed E-state index contributed by atoms with van der Waals surface area (Å²) in [5, 5.41) is 0.567. The topological polar surface area (TPSA) is 76.2 Å². The average molecular weight is 507 g/mol. The predicted octanol–water partition coefficient (Wildman–Crippen LogP) is 3.58. The van der Waals surface area contributed by atoms with Crippen molar-refractivity contribution in [2.45, 2.75) is 25.0 Å². The van der Waals surface area contributed by atoms with Crippen LogP contribution in [0.5, 0.6) is 5.75 Å². The summed E-state index contributed by atoms with van der Waals surface area (Å²) in [6, 6.07) is 16.3. The molecule has 0 saturated carbocycles. The Kier molecular flexibility index (Phi) is 8.14. The molecule has 0 spiro atoms. The third kappa shape index (κ3) is 6.50. The van der Waals surface area contributed by atoms with Crippen LogP contribution in [0.4, 0.5) is 0 Å². The first-order valence-electron chi connectivity index (χ1n) is 11.6. The van der Waals surface area contributed by atoms with Crippen molar-refractivity contribution < 1.29 is 22.7 Å². The van der Waals surface area contributed by atoms with E-state index in [0.29, 0.717) is 55.6 Å². The lowest BCUT2D eigenvalue weighted by atomic mass is 9.78. The molecule has 0 unspecified atom stereocenters. The lowest BCUT2D eigenvalue weighted by Crippen LogP contribution is -2.52. The minimum absolute atomic E-state index is 0.0249. The largest absolute Gasteiger partial charge is 0.493 e. The van der Waals surface area contributed by atoms with Crippen molar-refractivity contribution in [1.29, 1.82) is 0 Å². The number of rotatable bonds is 8. The van der Waals surface area contributed by atoms with E-state index in [9.17, 15) is 13.2 Å². The monoisotopic (exact) mass is 506 g/mol. The minimum atomic E-state index is -3.57. The minimum Gasteiger partial charge on any atom is -0.493 e. The molecule has 1 amide bonds. The van der Waals surface area contributed by atoms with Gasteiger partial charge in [0.2, 0.25) is 15.9 Å². The van der Waals surface area contributed by atoms with Gasteiger partial charge in [-0.05, 0) is 42.7 Å². The molecule has 7 nitrogen and oxygen atoms in total. The molecule has 2 aromatic carbocycles. The maximum absolute atomic E-state index is 13.3. The highest BCUT2D eigenvalue weighted by Gasteiger charge is 2.42. The van der Waals surface area contributed by atoms with Gasteiger partial charge in [0.1, 0.15) is 5.75 Å². The first-order chi connectivity index (χ1) is 16.4. The fourth-order valence-electron chi connectivity index (χ4n) is 4.59. The SMILES string of the molecule is O=C(C[C@@]1(COc2ccccc2)CCCN(S(=O)(=O)Cc2ccc(Cl)cc2)C1)N1CCOCC1. The molecule has 0 bridgehead atoms. The first-order valence-corrected chi connectivity index (χ1v) is 13.6. The Balaban J connectivity index is 1.52. The van der Waals surface area contributed by atoms with Gasteiger partial charge >= 0.3 is 0 Å². The molecule has 1 atom stereocenters. The summed E-state index contributed by atoms with van der Waals surface area (Å²) in [5.41, 5.74) is 0.0850. The van der Waals surface area contributed by atoms with Crippen LogP contribution in [-0.4, -0.2) is 69.5 Å². The zero-order valence-electron chi connectivity index (χ0n) is 19.2. The number of carbonyl (C=O) groups is 1. The van der Waals surface area contributed by atoms with Gasteiger partial charge in [0.15, 0.2) is 0 Å². The molecule has 0 aliphatic carbocycles. The number of morpholine rings is 1. The van der Waals surface area contributed by atoms with Crippen LogP contribution in [0.1, 0.15) is 24.8 Å². The van der Waals surface area contributed by atoms with E-state index in [-0.39, 0.29) is 31.2 Å². The molecule has 0 N–H and O–H groups in total. The van der Waals surface area contributed by atoms with Crippen molar-refractivity contribution in [2.24, 2.45) is 5.41 Å². The van der Waals surface area contributed by atoms with Crippen LogP contribution in [0.25, 0.3) is 0 Å². The van der Waals surface area contributed by atoms with Gasteiger partial charge in [0.25, 0.3) is 0 Å². The Bertz CT molecular complexity index is 1060. The molecule has 9 heteroatoms. The molecule has 2 aromatic rings. The van der Waals surface area contributed by atoms with Crippen LogP contribution >= 0.6 is 11.6 Å². The van der Waals surface area contributed by atoms with E-state index in [1.54, 1.807) is 24.3 Å². The van der Waals surface area contributed by atoms with Crippen LogP contribution in [0.15, 0.2) is 54.6 Å². The maximum Gasteiger partial charge on any atom is 0.223 e. The smallest absolute Gasteiger partial charge is 0.223 e. The zero-order chi connectivity index (χ0) is 24.0. The molecule has 2 fully saturated rings. The molecule has 0 radical (unpaired) electrons. The zero-order valence-corrected chi connectivity index (χ0v) is 20.8. The number of ether oxygens (including phenoxy) is 2. The van der Waals surface area contributed by atoms with Gasteiger partial charge in [-0.3, -0.25) is 4.79 Å². The Morgan fingerprint density at radius 1 is 1.03 bits per heavy atom. The number of halogens is 1. The normalized spacial score (nSPS) is 21.9. The second kappa shape index (κ2) is 11.1. The summed E-state index contributed by atoms with van der Waals surface area (Å²) in [6.07, 6.45) is 1.64. The Morgan fingerprint density at radius 3 is 2.44 bits per heavy atom. The summed E-state index contributed by atoms with van der Waals surface area (Å²) < 4.78 is 39.7. The maximum atomic E-state index is 13.3. The summed E-state index contributed by atoms with van der Waals surface area (Å²) in [6.45, 7) is 3.16. The van der Waals surface area contributed by atoms with Gasteiger partial charge in [0, 0.05) is 43.0 Å². The number of sulfonamides is 1. The second-order valence-corrected chi connectivity index (χ2v) is 11.5. The van der Waals surface area contributed by atoms with Crippen molar-refractivity contribution in [1.82, 2.24) is 9.21 Å². The van der Waals surface area contributed by atoms with Gasteiger partial charge < -0.3 is 14.4 Å². The number of amides is 1. The third-order valence-corrected chi connectivity index (χ3v) is 8.51. The van der Waals surface area contributed by atoms with Crippen molar-refractivity contribution in [2.75, 3.05) is 46.0 Å². The summed E-state index contributed by atoms with van der Waals surface area (Å²) in [5.74, 6) is 0.635. The lowest BCUT2D eigenvalue weighted by molar-refractivity contribution is -0.139. The van der Waals surface area contributed by atoms with Crippen molar-refractivity contribution in [3.05, 3.63) is 65.2 Å².